The van der Waals surface area contributed by atoms with Gasteiger partial charge in [-0.25, -0.2) is 13.2 Å². The number of rotatable bonds is 7. The number of carbonyl (C=O) groups is 2. The first-order valence-corrected chi connectivity index (χ1v) is 16.5. The van der Waals surface area contributed by atoms with E-state index >= 15 is 0 Å². The molecule has 220 valence electrons. The zero-order chi connectivity index (χ0) is 29.2. The number of hydrogen-bond acceptors (Lipinski definition) is 7. The Bertz CT molecular complexity index is 1290. The molecule has 0 atom stereocenters. The first kappa shape index (κ1) is 30.7. The number of methoxy groups -OCH3 is 1. The van der Waals surface area contributed by atoms with Gasteiger partial charge in [-0.1, -0.05) is 27.7 Å². The van der Waals surface area contributed by atoms with E-state index in [1.165, 1.54) is 28.9 Å². The largest absolute Gasteiger partial charge is 0.465 e. The van der Waals surface area contributed by atoms with Crippen LogP contribution in [-0.2, 0) is 25.0 Å². The summed E-state index contributed by atoms with van der Waals surface area (Å²) in [5, 5.41) is 0. The van der Waals surface area contributed by atoms with Crippen molar-refractivity contribution >= 4 is 38.9 Å². The van der Waals surface area contributed by atoms with Gasteiger partial charge >= 0.3 is 5.97 Å². The summed E-state index contributed by atoms with van der Waals surface area (Å²) in [6, 6.07) is 4.89. The molecular weight excluding hydrogens is 546 g/mol. The second-order valence-electron chi connectivity index (χ2n) is 12.4. The molecule has 0 spiro atoms. The van der Waals surface area contributed by atoms with Gasteiger partial charge in [0.15, 0.2) is 0 Å². The van der Waals surface area contributed by atoms with E-state index in [1.54, 1.807) is 25.4 Å². The van der Waals surface area contributed by atoms with E-state index in [-0.39, 0.29) is 34.2 Å². The molecule has 0 N–H and O–H groups in total. The number of thiophene rings is 1. The minimum Gasteiger partial charge on any atom is -0.465 e. The van der Waals surface area contributed by atoms with E-state index in [9.17, 15) is 18.0 Å². The Morgan fingerprint density at radius 2 is 1.65 bits per heavy atom. The van der Waals surface area contributed by atoms with Gasteiger partial charge in [0.2, 0.25) is 15.9 Å². The molecule has 40 heavy (non-hydrogen) atoms. The standard InChI is InChI=1S/C30H43N3O5S2/c1-20-9-11-21(12-10-20)28(34)33(25-18-26(30(2,3)4)39-27(25)29(35)38-6)23-15-13-22(14-16-23)32(5)40(36,37)24-8-7-17-31-19-24/h7-8,17-23H,9-16H2,1-6H3. The van der Waals surface area contributed by atoms with Crippen LogP contribution in [0.1, 0.15) is 93.6 Å². The topological polar surface area (TPSA) is 96.9 Å². The van der Waals surface area contributed by atoms with Crippen molar-refractivity contribution < 1.29 is 22.7 Å². The Labute approximate surface area is 243 Å². The highest BCUT2D eigenvalue weighted by Gasteiger charge is 2.40. The SMILES string of the molecule is COC(=O)c1sc(C(C)(C)C)cc1N(C(=O)C1CCC(C)CC1)C1CCC(N(C)S(=O)(=O)c2cccnc2)CC1. The Kier molecular flexibility index (Phi) is 9.42. The van der Waals surface area contributed by atoms with Crippen molar-refractivity contribution in [1.82, 2.24) is 9.29 Å². The van der Waals surface area contributed by atoms with Crippen molar-refractivity contribution in [2.75, 3.05) is 19.1 Å². The third kappa shape index (κ3) is 6.44. The minimum atomic E-state index is -3.67. The molecule has 2 saturated carbocycles. The van der Waals surface area contributed by atoms with E-state index in [1.807, 2.05) is 11.0 Å². The number of sulfonamides is 1. The van der Waals surface area contributed by atoms with Crippen LogP contribution in [0.3, 0.4) is 0 Å². The maximum absolute atomic E-state index is 14.3. The van der Waals surface area contributed by atoms with Gasteiger partial charge in [-0.15, -0.1) is 11.3 Å². The molecule has 2 fully saturated rings. The number of aromatic nitrogens is 1. The first-order chi connectivity index (χ1) is 18.8. The number of carbonyl (C=O) groups excluding carboxylic acids is 2. The molecule has 2 heterocycles. The van der Waals surface area contributed by atoms with Gasteiger partial charge in [0.1, 0.15) is 9.77 Å². The summed E-state index contributed by atoms with van der Waals surface area (Å²) in [5.74, 6) is 0.187. The van der Waals surface area contributed by atoms with E-state index in [0.29, 0.717) is 42.2 Å². The van der Waals surface area contributed by atoms with Crippen molar-refractivity contribution in [2.24, 2.45) is 11.8 Å². The molecule has 2 aliphatic rings. The predicted octanol–water partition coefficient (Wildman–Crippen LogP) is 6.02. The second-order valence-corrected chi connectivity index (χ2v) is 15.5. The van der Waals surface area contributed by atoms with E-state index < -0.39 is 16.0 Å². The molecule has 2 aromatic heterocycles. The monoisotopic (exact) mass is 589 g/mol. The molecule has 0 unspecified atom stereocenters. The summed E-state index contributed by atoms with van der Waals surface area (Å²) < 4.78 is 33.1. The van der Waals surface area contributed by atoms with Crippen LogP contribution in [0.5, 0.6) is 0 Å². The fraction of sp³-hybridized carbons (Fsp3) is 0.633. The van der Waals surface area contributed by atoms with Gasteiger partial charge in [-0.2, -0.15) is 4.31 Å². The zero-order valence-corrected chi connectivity index (χ0v) is 26.2. The summed E-state index contributed by atoms with van der Waals surface area (Å²) in [6.07, 6.45) is 9.21. The first-order valence-electron chi connectivity index (χ1n) is 14.3. The van der Waals surface area contributed by atoms with Crippen LogP contribution in [0.4, 0.5) is 5.69 Å². The van der Waals surface area contributed by atoms with Gasteiger partial charge in [-0.05, 0) is 80.9 Å². The molecule has 10 heteroatoms. The third-order valence-corrected chi connectivity index (χ3v) is 12.0. The molecule has 0 aromatic carbocycles. The molecule has 2 aromatic rings. The lowest BCUT2D eigenvalue weighted by atomic mass is 9.81. The minimum absolute atomic E-state index is 0.0777. The molecule has 1 amide bonds. The average molecular weight is 590 g/mol. The number of anilines is 1. The quantitative estimate of drug-likeness (QED) is 0.367. The van der Waals surface area contributed by atoms with Gasteiger partial charge in [0, 0.05) is 42.3 Å². The van der Waals surface area contributed by atoms with Crippen LogP contribution in [-0.4, -0.2) is 55.8 Å². The highest BCUT2D eigenvalue weighted by atomic mass is 32.2. The highest BCUT2D eigenvalue weighted by Crippen LogP contribution is 2.42. The van der Waals surface area contributed by atoms with Crippen molar-refractivity contribution in [3.05, 3.63) is 40.3 Å². The lowest BCUT2D eigenvalue weighted by Crippen LogP contribution is -2.49. The fourth-order valence-electron chi connectivity index (χ4n) is 5.91. The van der Waals surface area contributed by atoms with Crippen molar-refractivity contribution in [2.45, 2.75) is 101 Å². The van der Waals surface area contributed by atoms with E-state index in [0.717, 1.165) is 30.6 Å². The molecule has 0 bridgehead atoms. The molecule has 4 rings (SSSR count). The van der Waals surface area contributed by atoms with Gasteiger partial charge in [0.25, 0.3) is 0 Å². The Balaban J connectivity index is 1.64. The summed E-state index contributed by atoms with van der Waals surface area (Å²) in [6.45, 7) is 8.53. The predicted molar refractivity (Wildman–Crippen MR) is 158 cm³/mol. The van der Waals surface area contributed by atoms with Crippen LogP contribution in [0.2, 0.25) is 0 Å². The van der Waals surface area contributed by atoms with Crippen molar-refractivity contribution in [3.8, 4) is 0 Å². The lowest BCUT2D eigenvalue weighted by Gasteiger charge is -2.41. The van der Waals surface area contributed by atoms with Crippen LogP contribution < -0.4 is 4.90 Å². The number of pyridine rings is 1. The third-order valence-electron chi connectivity index (χ3n) is 8.54. The lowest BCUT2D eigenvalue weighted by molar-refractivity contribution is -0.124. The number of esters is 1. The Hall–Kier alpha value is -2.30. The maximum Gasteiger partial charge on any atom is 0.350 e. The highest BCUT2D eigenvalue weighted by molar-refractivity contribution is 7.89. The van der Waals surface area contributed by atoms with Gasteiger partial charge < -0.3 is 9.64 Å². The molecule has 0 aliphatic heterocycles. The average Bonchev–Trinajstić information content (AvgIpc) is 3.39. The zero-order valence-electron chi connectivity index (χ0n) is 24.6. The molecule has 0 saturated heterocycles. The van der Waals surface area contributed by atoms with Crippen molar-refractivity contribution in [3.63, 3.8) is 0 Å². The maximum atomic E-state index is 14.3. The molecule has 0 radical (unpaired) electrons. The fourth-order valence-corrected chi connectivity index (χ4v) is 8.42. The van der Waals surface area contributed by atoms with Crippen LogP contribution in [0.25, 0.3) is 0 Å². The Morgan fingerprint density at radius 1 is 1.02 bits per heavy atom. The van der Waals surface area contributed by atoms with Crippen molar-refractivity contribution in [1.29, 1.82) is 0 Å². The number of ether oxygens (including phenoxy) is 1. The normalized spacial score (nSPS) is 24.1. The summed E-state index contributed by atoms with van der Waals surface area (Å²) in [5.41, 5.74) is 0.451. The summed E-state index contributed by atoms with van der Waals surface area (Å²) in [4.78, 5) is 34.7. The Morgan fingerprint density at radius 3 is 2.20 bits per heavy atom. The van der Waals surface area contributed by atoms with Crippen LogP contribution in [0.15, 0.2) is 35.5 Å². The van der Waals surface area contributed by atoms with E-state index in [4.69, 9.17) is 4.74 Å². The molecule has 2 aliphatic carbocycles. The molecule has 8 nitrogen and oxygen atoms in total. The smallest absolute Gasteiger partial charge is 0.350 e. The number of hydrogen-bond donors (Lipinski definition) is 0. The molecular formula is C30H43N3O5S2. The second kappa shape index (κ2) is 12.3. The van der Waals surface area contributed by atoms with Crippen LogP contribution in [0, 0.1) is 11.8 Å². The van der Waals surface area contributed by atoms with Gasteiger partial charge in [-0.3, -0.25) is 9.78 Å². The van der Waals surface area contributed by atoms with E-state index in [2.05, 4.69) is 32.7 Å². The summed E-state index contributed by atoms with van der Waals surface area (Å²) >= 11 is 1.40. The number of amides is 1. The number of nitrogens with zero attached hydrogens (tertiary/aromatic N) is 3. The van der Waals surface area contributed by atoms with Crippen LogP contribution >= 0.6 is 11.3 Å². The summed E-state index contributed by atoms with van der Waals surface area (Å²) in [7, 11) is -0.667. The van der Waals surface area contributed by atoms with Gasteiger partial charge in [0.05, 0.1) is 12.8 Å².